The Labute approximate surface area is 95.6 Å². The zero-order chi connectivity index (χ0) is 11.7. The number of carbonyl (C=O) groups excluding carboxylic acids is 1. The van der Waals surface area contributed by atoms with Gasteiger partial charge >= 0.3 is 0 Å². The Morgan fingerprint density at radius 1 is 1.50 bits per heavy atom. The molecule has 2 N–H and O–H groups in total. The van der Waals surface area contributed by atoms with Crippen LogP contribution >= 0.6 is 0 Å². The zero-order valence-electron chi connectivity index (χ0n) is 9.69. The molecule has 0 aromatic heterocycles. The Morgan fingerprint density at radius 2 is 2.25 bits per heavy atom. The molecule has 1 saturated heterocycles. The highest BCUT2D eigenvalue weighted by atomic mass is 16.5. The summed E-state index contributed by atoms with van der Waals surface area (Å²) >= 11 is 0. The van der Waals surface area contributed by atoms with E-state index in [0.717, 1.165) is 23.2 Å². The molecular weight excluding hydrogens is 202 g/mol. The summed E-state index contributed by atoms with van der Waals surface area (Å²) in [6.45, 7) is 4.46. The van der Waals surface area contributed by atoms with Crippen molar-refractivity contribution in [1.29, 1.82) is 0 Å². The molecular formula is C13H17NO2. The van der Waals surface area contributed by atoms with Crippen molar-refractivity contribution in [2.75, 3.05) is 12.3 Å². The van der Waals surface area contributed by atoms with E-state index in [2.05, 4.69) is 0 Å². The van der Waals surface area contributed by atoms with Crippen molar-refractivity contribution in [3.63, 3.8) is 0 Å². The molecule has 0 bridgehead atoms. The number of hydrogen-bond acceptors (Lipinski definition) is 3. The van der Waals surface area contributed by atoms with E-state index in [4.69, 9.17) is 10.5 Å². The molecule has 16 heavy (non-hydrogen) atoms. The summed E-state index contributed by atoms with van der Waals surface area (Å²) < 4.78 is 5.42. The maximum atomic E-state index is 12.1. The molecule has 1 aliphatic heterocycles. The molecule has 0 aliphatic carbocycles. The van der Waals surface area contributed by atoms with Crippen LogP contribution in [0.4, 0.5) is 5.69 Å². The fraction of sp³-hybridized carbons (Fsp3) is 0.462. The highest BCUT2D eigenvalue weighted by Crippen LogP contribution is 2.24. The number of hydrogen-bond donors (Lipinski definition) is 1. The standard InChI is InChI=1S/C13H17NO2/c1-8-5-10(3-4-12(8)14)13(15)11-6-9(2)16-7-11/h3-5,9,11H,6-7,14H2,1-2H3. The van der Waals surface area contributed by atoms with Gasteiger partial charge in [-0.15, -0.1) is 0 Å². The van der Waals surface area contributed by atoms with Crippen LogP contribution in [0.3, 0.4) is 0 Å². The third-order valence-corrected chi connectivity index (χ3v) is 3.12. The van der Waals surface area contributed by atoms with Crippen molar-refractivity contribution in [3.8, 4) is 0 Å². The Kier molecular flexibility index (Phi) is 2.97. The first-order valence-corrected chi connectivity index (χ1v) is 5.60. The van der Waals surface area contributed by atoms with Crippen molar-refractivity contribution in [3.05, 3.63) is 29.3 Å². The topological polar surface area (TPSA) is 52.3 Å². The van der Waals surface area contributed by atoms with Crippen LogP contribution in [-0.2, 0) is 4.74 Å². The van der Waals surface area contributed by atoms with Gasteiger partial charge in [-0.2, -0.15) is 0 Å². The number of nitrogens with two attached hydrogens (primary N) is 1. The Balaban J connectivity index is 2.18. The minimum absolute atomic E-state index is 0.0121. The fourth-order valence-electron chi connectivity index (χ4n) is 2.06. The van der Waals surface area contributed by atoms with Gasteiger partial charge in [-0.1, -0.05) is 0 Å². The first kappa shape index (κ1) is 11.1. The number of aryl methyl sites for hydroxylation is 1. The van der Waals surface area contributed by atoms with Gasteiger partial charge in [0.15, 0.2) is 5.78 Å². The molecule has 2 atom stereocenters. The monoisotopic (exact) mass is 219 g/mol. The zero-order valence-corrected chi connectivity index (χ0v) is 9.69. The fourth-order valence-corrected chi connectivity index (χ4v) is 2.06. The van der Waals surface area contributed by atoms with E-state index >= 15 is 0 Å². The molecule has 2 unspecified atom stereocenters. The summed E-state index contributed by atoms with van der Waals surface area (Å²) in [6.07, 6.45) is 1.02. The maximum absolute atomic E-state index is 12.1. The van der Waals surface area contributed by atoms with Crippen LogP contribution in [-0.4, -0.2) is 18.5 Å². The van der Waals surface area contributed by atoms with Crippen LogP contribution < -0.4 is 5.73 Å². The normalized spacial score (nSPS) is 24.6. The Bertz CT molecular complexity index is 414. The van der Waals surface area contributed by atoms with Gasteiger partial charge in [0.1, 0.15) is 0 Å². The van der Waals surface area contributed by atoms with E-state index in [-0.39, 0.29) is 17.8 Å². The Morgan fingerprint density at radius 3 is 2.81 bits per heavy atom. The SMILES string of the molecule is Cc1cc(C(=O)C2COC(C)C2)ccc1N. The number of carbonyl (C=O) groups is 1. The summed E-state index contributed by atoms with van der Waals surface area (Å²) in [5, 5.41) is 0. The van der Waals surface area contributed by atoms with Gasteiger partial charge in [-0.05, 0) is 44.0 Å². The first-order chi connectivity index (χ1) is 7.58. The lowest BCUT2D eigenvalue weighted by molar-refractivity contribution is 0.0877. The molecule has 1 fully saturated rings. The lowest BCUT2D eigenvalue weighted by atomic mass is 9.94. The highest BCUT2D eigenvalue weighted by Gasteiger charge is 2.28. The number of ether oxygens (including phenoxy) is 1. The molecule has 0 amide bonds. The van der Waals surface area contributed by atoms with Crippen molar-refractivity contribution in [2.45, 2.75) is 26.4 Å². The van der Waals surface area contributed by atoms with E-state index in [1.54, 1.807) is 12.1 Å². The second-order valence-corrected chi connectivity index (χ2v) is 4.51. The number of Topliss-reactive ketones (excluding diaryl/α,β-unsaturated/α-hetero) is 1. The third-order valence-electron chi connectivity index (χ3n) is 3.12. The van der Waals surface area contributed by atoms with E-state index in [1.165, 1.54) is 0 Å². The predicted molar refractivity (Wildman–Crippen MR) is 63.4 cm³/mol. The summed E-state index contributed by atoms with van der Waals surface area (Å²) in [7, 11) is 0. The number of ketones is 1. The lowest BCUT2D eigenvalue weighted by Gasteiger charge is -2.08. The Hall–Kier alpha value is -1.35. The second kappa shape index (κ2) is 4.26. The largest absolute Gasteiger partial charge is 0.399 e. The molecule has 3 heteroatoms. The van der Waals surface area contributed by atoms with E-state index in [0.29, 0.717) is 6.61 Å². The smallest absolute Gasteiger partial charge is 0.168 e. The molecule has 1 aromatic rings. The minimum Gasteiger partial charge on any atom is -0.399 e. The van der Waals surface area contributed by atoms with E-state index in [9.17, 15) is 4.79 Å². The van der Waals surface area contributed by atoms with Gasteiger partial charge in [0.2, 0.25) is 0 Å². The van der Waals surface area contributed by atoms with Gasteiger partial charge in [0.05, 0.1) is 12.7 Å². The maximum Gasteiger partial charge on any atom is 0.168 e. The molecule has 0 radical (unpaired) electrons. The van der Waals surface area contributed by atoms with Crippen molar-refractivity contribution in [1.82, 2.24) is 0 Å². The average Bonchev–Trinajstić information content (AvgIpc) is 2.68. The lowest BCUT2D eigenvalue weighted by Crippen LogP contribution is -2.15. The molecule has 86 valence electrons. The summed E-state index contributed by atoms with van der Waals surface area (Å²) in [5.74, 6) is 0.186. The molecule has 1 aliphatic rings. The molecule has 0 spiro atoms. The number of anilines is 1. The van der Waals surface area contributed by atoms with Gasteiger partial charge in [0.25, 0.3) is 0 Å². The van der Waals surface area contributed by atoms with E-state index < -0.39 is 0 Å². The summed E-state index contributed by atoms with van der Waals surface area (Å²) in [5.41, 5.74) is 8.16. The van der Waals surface area contributed by atoms with Gasteiger partial charge in [0, 0.05) is 17.2 Å². The molecule has 1 aromatic carbocycles. The van der Waals surface area contributed by atoms with Gasteiger partial charge in [-0.3, -0.25) is 4.79 Å². The van der Waals surface area contributed by atoms with Gasteiger partial charge < -0.3 is 10.5 Å². The number of rotatable bonds is 2. The average molecular weight is 219 g/mol. The number of nitrogen functional groups attached to an aromatic ring is 1. The predicted octanol–water partition coefficient (Wildman–Crippen LogP) is 2.18. The summed E-state index contributed by atoms with van der Waals surface area (Å²) in [4.78, 5) is 12.1. The van der Waals surface area contributed by atoms with Crippen molar-refractivity contribution >= 4 is 11.5 Å². The molecule has 1 heterocycles. The molecule has 3 nitrogen and oxygen atoms in total. The summed E-state index contributed by atoms with van der Waals surface area (Å²) in [6, 6.07) is 5.45. The third kappa shape index (κ3) is 2.09. The second-order valence-electron chi connectivity index (χ2n) is 4.51. The van der Waals surface area contributed by atoms with Gasteiger partial charge in [-0.25, -0.2) is 0 Å². The van der Waals surface area contributed by atoms with Crippen LogP contribution in [0.25, 0.3) is 0 Å². The molecule has 0 saturated carbocycles. The van der Waals surface area contributed by atoms with Crippen LogP contribution in [0.5, 0.6) is 0 Å². The van der Waals surface area contributed by atoms with Crippen LogP contribution in [0.1, 0.15) is 29.3 Å². The van der Waals surface area contributed by atoms with Crippen LogP contribution in [0, 0.1) is 12.8 Å². The van der Waals surface area contributed by atoms with Crippen LogP contribution in [0.15, 0.2) is 18.2 Å². The minimum atomic E-state index is 0.0121. The van der Waals surface area contributed by atoms with Crippen LogP contribution in [0.2, 0.25) is 0 Å². The first-order valence-electron chi connectivity index (χ1n) is 5.60. The quantitative estimate of drug-likeness (QED) is 0.612. The number of benzene rings is 1. The van der Waals surface area contributed by atoms with Crippen molar-refractivity contribution in [2.24, 2.45) is 5.92 Å². The highest BCUT2D eigenvalue weighted by molar-refractivity contribution is 5.98. The van der Waals surface area contributed by atoms with Crippen molar-refractivity contribution < 1.29 is 9.53 Å². The molecule has 2 rings (SSSR count). The van der Waals surface area contributed by atoms with E-state index in [1.807, 2.05) is 19.9 Å².